The monoisotopic (exact) mass is 278 g/mol. The minimum atomic E-state index is 0.605. The van der Waals surface area contributed by atoms with Crippen LogP contribution in [0, 0.1) is 0 Å². The van der Waals surface area contributed by atoms with Gasteiger partial charge in [-0.1, -0.05) is 42.5 Å². The molecule has 0 saturated carbocycles. The zero-order chi connectivity index (χ0) is 14.5. The lowest BCUT2D eigenvalue weighted by Crippen LogP contribution is -2.04. The van der Waals surface area contributed by atoms with Crippen LogP contribution in [0.5, 0.6) is 0 Å². The number of nitrogens with one attached hydrogen (secondary N) is 1. The van der Waals surface area contributed by atoms with Crippen molar-refractivity contribution in [3.63, 3.8) is 0 Å². The number of anilines is 1. The molecule has 0 unspecified atom stereocenters. The van der Waals surface area contributed by atoms with Crippen LogP contribution in [0.15, 0.2) is 60.7 Å². The number of pyridine rings is 1. The van der Waals surface area contributed by atoms with Crippen molar-refractivity contribution >= 4 is 16.6 Å². The van der Waals surface area contributed by atoms with Crippen molar-refractivity contribution in [3.8, 4) is 0 Å². The zero-order valence-corrected chi connectivity index (χ0v) is 12.0. The van der Waals surface area contributed by atoms with Crippen LogP contribution in [-0.4, -0.2) is 12.1 Å². The second-order valence-electron chi connectivity index (χ2n) is 4.94. The van der Waals surface area contributed by atoms with Crippen molar-refractivity contribution in [2.24, 2.45) is 0 Å². The lowest BCUT2D eigenvalue weighted by molar-refractivity contribution is 0.185. The van der Waals surface area contributed by atoms with Gasteiger partial charge in [-0.3, -0.25) is 4.98 Å². The first-order valence-electron chi connectivity index (χ1n) is 7.02. The van der Waals surface area contributed by atoms with Gasteiger partial charge in [-0.25, -0.2) is 0 Å². The van der Waals surface area contributed by atoms with E-state index in [9.17, 15) is 0 Å². The summed E-state index contributed by atoms with van der Waals surface area (Å²) in [6.07, 6.45) is 0. The van der Waals surface area contributed by atoms with Crippen LogP contribution >= 0.6 is 0 Å². The minimum absolute atomic E-state index is 0.605. The van der Waals surface area contributed by atoms with Crippen molar-refractivity contribution in [2.75, 3.05) is 12.4 Å². The van der Waals surface area contributed by atoms with Gasteiger partial charge in [0.2, 0.25) is 0 Å². The highest BCUT2D eigenvalue weighted by Gasteiger charge is 2.02. The van der Waals surface area contributed by atoms with E-state index >= 15 is 0 Å². The van der Waals surface area contributed by atoms with Crippen LogP contribution in [0.4, 0.5) is 5.69 Å². The highest BCUT2D eigenvalue weighted by Crippen LogP contribution is 2.17. The molecule has 0 spiro atoms. The van der Waals surface area contributed by atoms with E-state index in [1.807, 2.05) is 30.3 Å². The number of rotatable bonds is 5. The first-order chi connectivity index (χ1) is 10.4. The molecule has 1 aromatic heterocycles. The molecule has 3 aromatic rings. The van der Waals surface area contributed by atoms with Gasteiger partial charge in [0.1, 0.15) is 0 Å². The van der Waals surface area contributed by atoms with Crippen molar-refractivity contribution in [1.82, 2.24) is 4.98 Å². The van der Waals surface area contributed by atoms with Crippen LogP contribution in [-0.2, 0) is 17.9 Å². The first kappa shape index (κ1) is 13.6. The minimum Gasteiger partial charge on any atom is -0.380 e. The third kappa shape index (κ3) is 3.20. The SMILES string of the molecule is COCc1ccccc1NCc1ccc2ccccc2n1. The van der Waals surface area contributed by atoms with Crippen molar-refractivity contribution in [3.05, 3.63) is 71.9 Å². The predicted octanol–water partition coefficient (Wildman–Crippen LogP) is 3.99. The second kappa shape index (κ2) is 6.37. The third-order valence-electron chi connectivity index (χ3n) is 3.43. The summed E-state index contributed by atoms with van der Waals surface area (Å²) in [5, 5.41) is 4.60. The number of para-hydroxylation sites is 2. The summed E-state index contributed by atoms with van der Waals surface area (Å²) in [5.74, 6) is 0. The van der Waals surface area contributed by atoms with Crippen LogP contribution in [0.25, 0.3) is 10.9 Å². The van der Waals surface area contributed by atoms with Gasteiger partial charge >= 0.3 is 0 Å². The number of methoxy groups -OCH3 is 1. The Morgan fingerprint density at radius 3 is 2.67 bits per heavy atom. The molecular weight excluding hydrogens is 260 g/mol. The largest absolute Gasteiger partial charge is 0.380 e. The lowest BCUT2D eigenvalue weighted by atomic mass is 10.1. The molecule has 0 aliphatic rings. The number of fused-ring (bicyclic) bond motifs is 1. The number of hydrogen-bond donors (Lipinski definition) is 1. The number of nitrogens with zero attached hydrogens (tertiary/aromatic N) is 1. The molecule has 0 aliphatic heterocycles. The fourth-order valence-corrected chi connectivity index (χ4v) is 2.37. The summed E-state index contributed by atoms with van der Waals surface area (Å²) in [7, 11) is 1.71. The molecular formula is C18H18N2O. The van der Waals surface area contributed by atoms with E-state index in [1.165, 1.54) is 5.39 Å². The smallest absolute Gasteiger partial charge is 0.0733 e. The fourth-order valence-electron chi connectivity index (χ4n) is 2.37. The second-order valence-corrected chi connectivity index (χ2v) is 4.94. The topological polar surface area (TPSA) is 34.1 Å². The van der Waals surface area contributed by atoms with E-state index in [2.05, 4.69) is 40.6 Å². The van der Waals surface area contributed by atoms with Crippen molar-refractivity contribution < 1.29 is 4.74 Å². The summed E-state index contributed by atoms with van der Waals surface area (Å²) in [5.41, 5.74) is 4.30. The van der Waals surface area contributed by atoms with Crippen LogP contribution in [0.3, 0.4) is 0 Å². The Labute approximate surface area is 124 Å². The Kier molecular flexibility index (Phi) is 4.12. The summed E-state index contributed by atoms with van der Waals surface area (Å²) < 4.78 is 5.22. The Morgan fingerprint density at radius 1 is 0.952 bits per heavy atom. The zero-order valence-electron chi connectivity index (χ0n) is 12.0. The molecule has 3 heteroatoms. The van der Waals surface area contributed by atoms with Gasteiger partial charge < -0.3 is 10.1 Å². The van der Waals surface area contributed by atoms with Crippen LogP contribution < -0.4 is 5.32 Å². The maximum absolute atomic E-state index is 5.22. The molecule has 21 heavy (non-hydrogen) atoms. The number of ether oxygens (including phenoxy) is 1. The molecule has 0 saturated heterocycles. The van der Waals surface area contributed by atoms with Gasteiger partial charge in [-0.05, 0) is 18.2 Å². The van der Waals surface area contributed by atoms with Gasteiger partial charge in [0, 0.05) is 23.7 Å². The van der Waals surface area contributed by atoms with E-state index in [0.29, 0.717) is 13.2 Å². The van der Waals surface area contributed by atoms with Crippen LogP contribution in [0.2, 0.25) is 0 Å². The fraction of sp³-hybridized carbons (Fsp3) is 0.167. The number of benzene rings is 2. The third-order valence-corrected chi connectivity index (χ3v) is 3.43. The molecule has 106 valence electrons. The Hall–Kier alpha value is -2.39. The Morgan fingerprint density at radius 2 is 1.76 bits per heavy atom. The molecule has 1 heterocycles. The maximum atomic E-state index is 5.22. The number of hydrogen-bond acceptors (Lipinski definition) is 3. The van der Waals surface area contributed by atoms with Gasteiger partial charge in [0.25, 0.3) is 0 Å². The quantitative estimate of drug-likeness (QED) is 0.766. The average molecular weight is 278 g/mol. The van der Waals surface area contributed by atoms with E-state index in [-0.39, 0.29) is 0 Å². The molecule has 0 aliphatic carbocycles. The van der Waals surface area contributed by atoms with E-state index in [0.717, 1.165) is 22.5 Å². The molecule has 0 radical (unpaired) electrons. The normalized spacial score (nSPS) is 10.7. The molecule has 0 atom stereocenters. The highest BCUT2D eigenvalue weighted by molar-refractivity contribution is 5.78. The highest BCUT2D eigenvalue weighted by atomic mass is 16.5. The molecule has 0 bridgehead atoms. The number of aromatic nitrogens is 1. The standard InChI is InChI=1S/C18H18N2O/c1-21-13-15-7-3-4-8-17(15)19-12-16-11-10-14-6-2-5-9-18(14)20-16/h2-11,19H,12-13H2,1H3. The molecule has 0 fully saturated rings. The van der Waals surface area contributed by atoms with E-state index in [4.69, 9.17) is 4.74 Å². The summed E-state index contributed by atoms with van der Waals surface area (Å²) in [6, 6.07) is 20.5. The Bertz CT molecular complexity index is 740. The van der Waals surface area contributed by atoms with E-state index in [1.54, 1.807) is 7.11 Å². The van der Waals surface area contributed by atoms with Gasteiger partial charge in [0.15, 0.2) is 0 Å². The average Bonchev–Trinajstić information content (AvgIpc) is 2.54. The molecule has 0 amide bonds. The van der Waals surface area contributed by atoms with Crippen molar-refractivity contribution in [1.29, 1.82) is 0 Å². The molecule has 2 aromatic carbocycles. The summed E-state index contributed by atoms with van der Waals surface area (Å²) in [6.45, 7) is 1.31. The predicted molar refractivity (Wildman–Crippen MR) is 86.2 cm³/mol. The first-order valence-corrected chi connectivity index (χ1v) is 7.02. The molecule has 1 N–H and O–H groups in total. The Balaban J connectivity index is 1.77. The van der Waals surface area contributed by atoms with E-state index < -0.39 is 0 Å². The van der Waals surface area contributed by atoms with Gasteiger partial charge in [-0.15, -0.1) is 0 Å². The molecule has 3 nitrogen and oxygen atoms in total. The molecule has 3 rings (SSSR count). The van der Waals surface area contributed by atoms with Gasteiger partial charge in [0.05, 0.1) is 24.4 Å². The van der Waals surface area contributed by atoms with Crippen LogP contribution in [0.1, 0.15) is 11.3 Å². The maximum Gasteiger partial charge on any atom is 0.0733 e. The lowest BCUT2D eigenvalue weighted by Gasteiger charge is -2.11. The summed E-state index contributed by atoms with van der Waals surface area (Å²) >= 11 is 0. The van der Waals surface area contributed by atoms with Crippen molar-refractivity contribution in [2.45, 2.75) is 13.2 Å². The summed E-state index contributed by atoms with van der Waals surface area (Å²) in [4.78, 5) is 4.67. The van der Waals surface area contributed by atoms with Gasteiger partial charge in [-0.2, -0.15) is 0 Å².